The minimum absolute atomic E-state index is 0.0774. The van der Waals surface area contributed by atoms with Gasteiger partial charge in [-0.2, -0.15) is 0 Å². The van der Waals surface area contributed by atoms with E-state index in [-0.39, 0.29) is 6.04 Å². The van der Waals surface area contributed by atoms with Crippen LogP contribution in [0.1, 0.15) is 43.4 Å². The van der Waals surface area contributed by atoms with E-state index >= 15 is 0 Å². The molecule has 114 valence electrons. The summed E-state index contributed by atoms with van der Waals surface area (Å²) in [5.74, 6) is 0.629. The van der Waals surface area contributed by atoms with Crippen molar-refractivity contribution in [2.24, 2.45) is 0 Å². The van der Waals surface area contributed by atoms with Crippen LogP contribution in [0.15, 0.2) is 34.7 Å². The van der Waals surface area contributed by atoms with Gasteiger partial charge in [-0.15, -0.1) is 0 Å². The van der Waals surface area contributed by atoms with E-state index in [1.807, 2.05) is 19.1 Å². The predicted octanol–water partition coefficient (Wildman–Crippen LogP) is 4.40. The van der Waals surface area contributed by atoms with Crippen LogP contribution in [0.3, 0.4) is 0 Å². The summed E-state index contributed by atoms with van der Waals surface area (Å²) in [6.45, 7) is 4.93. The van der Waals surface area contributed by atoms with Gasteiger partial charge >= 0.3 is 0 Å². The predicted molar refractivity (Wildman–Crippen MR) is 79.2 cm³/mol. The lowest BCUT2D eigenvalue weighted by molar-refractivity contribution is 0.391. The van der Waals surface area contributed by atoms with Crippen LogP contribution in [-0.2, 0) is 12.8 Å². The van der Waals surface area contributed by atoms with Crippen LogP contribution in [0.4, 0.5) is 8.78 Å². The van der Waals surface area contributed by atoms with Crippen molar-refractivity contribution >= 4 is 0 Å². The number of rotatable bonds is 7. The summed E-state index contributed by atoms with van der Waals surface area (Å²) in [7, 11) is 0. The molecule has 0 radical (unpaired) electrons. The smallest absolute Gasteiger partial charge is 0.126 e. The minimum atomic E-state index is -0.548. The topological polar surface area (TPSA) is 25.2 Å². The molecular weight excluding hydrogens is 272 g/mol. The van der Waals surface area contributed by atoms with E-state index < -0.39 is 11.6 Å². The lowest BCUT2D eigenvalue weighted by Crippen LogP contribution is -2.23. The second-order valence-electron chi connectivity index (χ2n) is 5.15. The van der Waals surface area contributed by atoms with Crippen LogP contribution < -0.4 is 5.32 Å². The quantitative estimate of drug-likeness (QED) is 0.818. The molecular formula is C17H21F2NO. The van der Waals surface area contributed by atoms with Crippen molar-refractivity contribution in [3.63, 3.8) is 0 Å². The van der Waals surface area contributed by atoms with Crippen molar-refractivity contribution in [3.05, 3.63) is 59.1 Å². The molecule has 0 saturated carbocycles. The third-order valence-corrected chi connectivity index (χ3v) is 3.38. The van der Waals surface area contributed by atoms with Crippen LogP contribution >= 0.6 is 0 Å². The van der Waals surface area contributed by atoms with Gasteiger partial charge in [0.15, 0.2) is 0 Å². The van der Waals surface area contributed by atoms with Crippen LogP contribution in [0.5, 0.6) is 0 Å². The molecule has 1 aromatic heterocycles. The van der Waals surface area contributed by atoms with E-state index in [1.165, 1.54) is 12.1 Å². The summed E-state index contributed by atoms with van der Waals surface area (Å²) in [5, 5.41) is 3.37. The van der Waals surface area contributed by atoms with E-state index in [4.69, 9.17) is 4.42 Å². The number of hydrogen-bond acceptors (Lipinski definition) is 2. The largest absolute Gasteiger partial charge is 0.464 e. The molecule has 4 heteroatoms. The molecule has 2 nitrogen and oxygen atoms in total. The molecule has 0 amide bonds. The monoisotopic (exact) mass is 293 g/mol. The molecule has 0 aliphatic rings. The molecule has 1 unspecified atom stereocenters. The van der Waals surface area contributed by atoms with E-state index in [1.54, 1.807) is 0 Å². The van der Waals surface area contributed by atoms with Crippen molar-refractivity contribution in [2.45, 2.75) is 39.2 Å². The molecule has 0 bridgehead atoms. The first kappa shape index (κ1) is 15.7. The third-order valence-electron chi connectivity index (χ3n) is 3.38. The van der Waals surface area contributed by atoms with Gasteiger partial charge in [0.05, 0.1) is 6.04 Å². The lowest BCUT2D eigenvalue weighted by Gasteiger charge is -2.16. The molecule has 2 rings (SSSR count). The van der Waals surface area contributed by atoms with Gasteiger partial charge in [0.2, 0.25) is 0 Å². The fraction of sp³-hybridized carbons (Fsp3) is 0.412. The molecule has 0 aliphatic carbocycles. The Hall–Kier alpha value is -1.68. The lowest BCUT2D eigenvalue weighted by atomic mass is 10.0. The summed E-state index contributed by atoms with van der Waals surface area (Å²) in [6.07, 6.45) is 2.30. The van der Waals surface area contributed by atoms with Crippen LogP contribution in [0.2, 0.25) is 0 Å². The Morgan fingerprint density at radius 2 is 1.81 bits per heavy atom. The summed E-state index contributed by atoms with van der Waals surface area (Å²) in [5.41, 5.74) is 0.621. The SMILES string of the molecule is CCCNC(Cc1cc(F)cc(F)c1)c1ccc(CC)o1. The third kappa shape index (κ3) is 4.39. The van der Waals surface area contributed by atoms with Gasteiger partial charge in [0.25, 0.3) is 0 Å². The van der Waals surface area contributed by atoms with Gasteiger partial charge in [-0.25, -0.2) is 8.78 Å². The fourth-order valence-corrected chi connectivity index (χ4v) is 2.33. The normalized spacial score (nSPS) is 12.6. The Morgan fingerprint density at radius 1 is 1.10 bits per heavy atom. The molecule has 1 heterocycles. The Bertz CT molecular complexity index is 560. The van der Waals surface area contributed by atoms with E-state index in [9.17, 15) is 8.78 Å². The zero-order valence-corrected chi connectivity index (χ0v) is 12.5. The Labute approximate surface area is 124 Å². The Morgan fingerprint density at radius 3 is 2.38 bits per heavy atom. The van der Waals surface area contributed by atoms with E-state index in [0.717, 1.165) is 37.0 Å². The molecule has 1 aromatic carbocycles. The number of halogens is 2. The molecule has 1 atom stereocenters. The molecule has 0 fully saturated rings. The zero-order chi connectivity index (χ0) is 15.2. The summed E-state index contributed by atoms with van der Waals surface area (Å²) in [4.78, 5) is 0. The van der Waals surface area contributed by atoms with Gasteiger partial charge < -0.3 is 9.73 Å². The standard InChI is InChI=1S/C17H21F2NO/c1-3-7-20-16(17-6-5-15(4-2)21-17)10-12-8-13(18)11-14(19)9-12/h5-6,8-9,11,16,20H,3-4,7,10H2,1-2H3. The first-order valence-electron chi connectivity index (χ1n) is 7.39. The van der Waals surface area contributed by atoms with E-state index in [0.29, 0.717) is 12.0 Å². The van der Waals surface area contributed by atoms with Crippen LogP contribution in [0.25, 0.3) is 0 Å². The van der Waals surface area contributed by atoms with Crippen LogP contribution in [-0.4, -0.2) is 6.54 Å². The number of aryl methyl sites for hydroxylation is 1. The van der Waals surface area contributed by atoms with Gasteiger partial charge in [0, 0.05) is 12.5 Å². The highest BCUT2D eigenvalue weighted by atomic mass is 19.1. The van der Waals surface area contributed by atoms with Crippen molar-refractivity contribution in [2.75, 3.05) is 6.54 Å². The first-order valence-corrected chi connectivity index (χ1v) is 7.39. The fourth-order valence-electron chi connectivity index (χ4n) is 2.33. The average molecular weight is 293 g/mol. The summed E-state index contributed by atoms with van der Waals surface area (Å²) >= 11 is 0. The maximum Gasteiger partial charge on any atom is 0.126 e. The number of furan rings is 1. The van der Waals surface area contributed by atoms with Crippen molar-refractivity contribution in [3.8, 4) is 0 Å². The maximum atomic E-state index is 13.3. The highest BCUT2D eigenvalue weighted by molar-refractivity contribution is 5.21. The number of nitrogens with one attached hydrogen (secondary N) is 1. The van der Waals surface area contributed by atoms with Gasteiger partial charge in [-0.1, -0.05) is 13.8 Å². The van der Waals surface area contributed by atoms with Crippen molar-refractivity contribution < 1.29 is 13.2 Å². The molecule has 2 aromatic rings. The Kier molecular flexibility index (Phi) is 5.51. The van der Waals surface area contributed by atoms with Gasteiger partial charge in [-0.05, 0) is 49.2 Å². The van der Waals surface area contributed by atoms with E-state index in [2.05, 4.69) is 12.2 Å². The Balaban J connectivity index is 2.19. The molecule has 0 aliphatic heterocycles. The second-order valence-corrected chi connectivity index (χ2v) is 5.15. The highest BCUT2D eigenvalue weighted by Crippen LogP contribution is 2.22. The molecule has 0 spiro atoms. The molecule has 0 saturated heterocycles. The number of benzene rings is 1. The first-order chi connectivity index (χ1) is 10.1. The average Bonchev–Trinajstić information content (AvgIpc) is 2.91. The van der Waals surface area contributed by atoms with Gasteiger partial charge in [-0.3, -0.25) is 0 Å². The van der Waals surface area contributed by atoms with Gasteiger partial charge in [0.1, 0.15) is 23.2 Å². The highest BCUT2D eigenvalue weighted by Gasteiger charge is 2.16. The zero-order valence-electron chi connectivity index (χ0n) is 12.5. The maximum absolute atomic E-state index is 13.3. The minimum Gasteiger partial charge on any atom is -0.464 e. The second kappa shape index (κ2) is 7.36. The van der Waals surface area contributed by atoms with Crippen LogP contribution in [0, 0.1) is 11.6 Å². The summed E-state index contributed by atoms with van der Waals surface area (Å²) < 4.78 is 32.4. The number of hydrogen-bond donors (Lipinski definition) is 1. The van der Waals surface area contributed by atoms with Crippen molar-refractivity contribution in [1.29, 1.82) is 0 Å². The van der Waals surface area contributed by atoms with Crippen molar-refractivity contribution in [1.82, 2.24) is 5.32 Å². The molecule has 21 heavy (non-hydrogen) atoms. The summed E-state index contributed by atoms with van der Waals surface area (Å²) in [6, 6.07) is 7.43. The molecule has 1 N–H and O–H groups in total.